The quantitative estimate of drug-likeness (QED) is 0.463. The molecule has 0 radical (unpaired) electrons. The molecule has 180 valence electrons. The first-order chi connectivity index (χ1) is 16.5. The molecule has 1 aromatic rings. The average molecular weight is 479 g/mol. The molecule has 1 aromatic heterocycles. The Labute approximate surface area is 207 Å². The highest BCUT2D eigenvalue weighted by Gasteiger charge is 2.24. The lowest BCUT2D eigenvalue weighted by Gasteiger charge is -2.39. The molecule has 7 heteroatoms. The smallest absolute Gasteiger partial charge is 0.231 e. The second-order valence-electron chi connectivity index (χ2n) is 9.13. The number of nitriles is 1. The number of hydrogen-bond acceptors (Lipinski definition) is 7. The summed E-state index contributed by atoms with van der Waals surface area (Å²) in [4.78, 5) is 9.38. The largest absolute Gasteiger partial charge is 0.460 e. The number of piperazine rings is 1. The van der Waals surface area contributed by atoms with Crippen molar-refractivity contribution >= 4 is 11.8 Å². The minimum absolute atomic E-state index is 0.480. The van der Waals surface area contributed by atoms with Crippen molar-refractivity contribution in [1.82, 2.24) is 14.8 Å². The second-order valence-corrected chi connectivity index (χ2v) is 10.2. The number of nitrogens with zero attached hydrogens (tertiary/aromatic N) is 4. The summed E-state index contributed by atoms with van der Waals surface area (Å²) in [6, 6.07) is 4.77. The fourth-order valence-corrected chi connectivity index (χ4v) is 5.71. The van der Waals surface area contributed by atoms with Crippen LogP contribution >= 0.6 is 11.8 Å². The van der Waals surface area contributed by atoms with Gasteiger partial charge in [0.15, 0.2) is 6.26 Å². The number of ether oxygens (including phenoxy) is 2. The highest BCUT2D eigenvalue weighted by Crippen LogP contribution is 2.27. The second kappa shape index (κ2) is 11.6. The highest BCUT2D eigenvalue weighted by atomic mass is 32.2. The number of allylic oxidation sites excluding steroid dienone is 4. The van der Waals surface area contributed by atoms with Crippen molar-refractivity contribution in [3.63, 3.8) is 0 Å². The third-order valence-electron chi connectivity index (χ3n) is 6.57. The van der Waals surface area contributed by atoms with Crippen LogP contribution in [0.1, 0.15) is 49.4 Å². The average Bonchev–Trinajstić information content (AvgIpc) is 2.85. The van der Waals surface area contributed by atoms with Crippen molar-refractivity contribution in [2.45, 2.75) is 57.5 Å². The maximum Gasteiger partial charge on any atom is 0.231 e. The van der Waals surface area contributed by atoms with Gasteiger partial charge in [0.05, 0.1) is 5.56 Å². The Balaban J connectivity index is 1.20. The van der Waals surface area contributed by atoms with Crippen LogP contribution in [0, 0.1) is 25.2 Å². The molecular formula is C27H34N4O2S. The molecule has 3 aliphatic rings. The molecule has 0 N–H and O–H groups in total. The van der Waals surface area contributed by atoms with Gasteiger partial charge in [-0.3, -0.25) is 4.90 Å². The van der Waals surface area contributed by atoms with Gasteiger partial charge in [-0.1, -0.05) is 23.8 Å². The lowest BCUT2D eigenvalue weighted by molar-refractivity contribution is 0.0670. The summed E-state index contributed by atoms with van der Waals surface area (Å²) in [6.07, 6.45) is 14.1. The third kappa shape index (κ3) is 6.25. The van der Waals surface area contributed by atoms with E-state index in [1.807, 2.05) is 19.9 Å². The minimum atomic E-state index is 0.480. The fourth-order valence-electron chi connectivity index (χ4n) is 4.50. The predicted molar refractivity (Wildman–Crippen MR) is 136 cm³/mol. The van der Waals surface area contributed by atoms with E-state index >= 15 is 0 Å². The monoisotopic (exact) mass is 478 g/mol. The number of hydrogen-bond donors (Lipinski definition) is 0. The molecule has 1 fully saturated rings. The number of rotatable bonds is 8. The number of thioether (sulfide) groups is 1. The van der Waals surface area contributed by atoms with Gasteiger partial charge < -0.3 is 14.4 Å². The normalized spacial score (nSPS) is 19.4. The highest BCUT2D eigenvalue weighted by molar-refractivity contribution is 7.99. The van der Waals surface area contributed by atoms with E-state index in [0.29, 0.717) is 11.6 Å². The molecule has 0 aromatic carbocycles. The van der Waals surface area contributed by atoms with Gasteiger partial charge in [0.2, 0.25) is 5.88 Å². The predicted octanol–water partition coefficient (Wildman–Crippen LogP) is 5.41. The van der Waals surface area contributed by atoms with Crippen LogP contribution in [0.25, 0.3) is 0 Å². The van der Waals surface area contributed by atoms with Gasteiger partial charge in [0.25, 0.3) is 0 Å². The molecule has 4 rings (SSSR count). The molecule has 34 heavy (non-hydrogen) atoms. The maximum atomic E-state index is 9.47. The van der Waals surface area contributed by atoms with Gasteiger partial charge in [-0.2, -0.15) is 5.26 Å². The zero-order valence-electron chi connectivity index (χ0n) is 20.4. The standard InChI is InChI=1S/C27H34N4O2S/c1-20-15-21(2)29-27(25(20)17-28)34-14-9-22(3)30-10-12-31(13-11-30)26-19-32-24(18-33-26)16-23-7-5-4-6-8-23/h4-5,7,15,18-19,22H,6,8-14,16H2,1-3H3. The van der Waals surface area contributed by atoms with Gasteiger partial charge in [0, 0.05) is 50.1 Å². The van der Waals surface area contributed by atoms with E-state index in [0.717, 1.165) is 85.5 Å². The van der Waals surface area contributed by atoms with Crippen LogP contribution in [0.4, 0.5) is 0 Å². The summed E-state index contributed by atoms with van der Waals surface area (Å²) < 4.78 is 11.8. The molecule has 3 heterocycles. The van der Waals surface area contributed by atoms with E-state index in [9.17, 15) is 5.26 Å². The van der Waals surface area contributed by atoms with Gasteiger partial charge in [-0.15, -0.1) is 11.8 Å². The van der Waals surface area contributed by atoms with Crippen molar-refractivity contribution in [3.8, 4) is 6.07 Å². The van der Waals surface area contributed by atoms with Gasteiger partial charge in [0.1, 0.15) is 23.1 Å². The van der Waals surface area contributed by atoms with Crippen LogP contribution in [0.2, 0.25) is 0 Å². The molecule has 0 amide bonds. The maximum absolute atomic E-state index is 9.47. The van der Waals surface area contributed by atoms with E-state index in [-0.39, 0.29) is 0 Å². The molecule has 1 unspecified atom stereocenters. The summed E-state index contributed by atoms with van der Waals surface area (Å²) in [5, 5.41) is 10.3. The number of pyridine rings is 1. The summed E-state index contributed by atoms with van der Waals surface area (Å²) in [5.41, 5.74) is 4.07. The van der Waals surface area contributed by atoms with E-state index < -0.39 is 0 Å². The van der Waals surface area contributed by atoms with Crippen LogP contribution in [0.3, 0.4) is 0 Å². The topological polar surface area (TPSA) is 61.6 Å². The first-order valence-corrected chi connectivity index (χ1v) is 13.1. The minimum Gasteiger partial charge on any atom is -0.460 e. The SMILES string of the molecule is Cc1cc(C)c(C#N)c(SCCC(C)N2CCN(C3=COC(CC4=CC=CCC4)=CO3)CC2)n1. The van der Waals surface area contributed by atoms with Crippen LogP contribution in [0.5, 0.6) is 0 Å². The molecule has 6 nitrogen and oxygen atoms in total. The lowest BCUT2D eigenvalue weighted by atomic mass is 10.0. The Hall–Kier alpha value is -2.69. The zero-order chi connectivity index (χ0) is 23.9. The molecular weight excluding hydrogens is 444 g/mol. The summed E-state index contributed by atoms with van der Waals surface area (Å²) in [7, 11) is 0. The Kier molecular flexibility index (Phi) is 8.36. The molecule has 0 bridgehead atoms. The Bertz CT molecular complexity index is 1050. The lowest BCUT2D eigenvalue weighted by Crippen LogP contribution is -2.49. The Morgan fingerprint density at radius 2 is 2.00 bits per heavy atom. The van der Waals surface area contributed by atoms with E-state index in [4.69, 9.17) is 9.47 Å². The molecule has 1 saturated heterocycles. The van der Waals surface area contributed by atoms with Gasteiger partial charge >= 0.3 is 0 Å². The van der Waals surface area contributed by atoms with E-state index in [1.54, 1.807) is 24.3 Å². The molecule has 1 aliphatic carbocycles. The molecule has 0 spiro atoms. The molecule has 1 atom stereocenters. The third-order valence-corrected chi connectivity index (χ3v) is 7.58. The Morgan fingerprint density at radius 1 is 1.18 bits per heavy atom. The van der Waals surface area contributed by atoms with E-state index in [1.165, 1.54) is 5.57 Å². The van der Waals surface area contributed by atoms with Crippen LogP contribution in [-0.2, 0) is 9.47 Å². The van der Waals surface area contributed by atoms with Crippen LogP contribution in [-0.4, -0.2) is 52.8 Å². The first-order valence-electron chi connectivity index (χ1n) is 12.1. The summed E-state index contributed by atoms with van der Waals surface area (Å²) in [5.74, 6) is 2.62. The fraction of sp³-hybridized carbons (Fsp3) is 0.481. The Morgan fingerprint density at radius 3 is 2.68 bits per heavy atom. The zero-order valence-corrected chi connectivity index (χ0v) is 21.2. The van der Waals surface area contributed by atoms with E-state index in [2.05, 4.69) is 46.0 Å². The first kappa shape index (κ1) is 24.4. The van der Waals surface area contributed by atoms with Crippen LogP contribution in [0.15, 0.2) is 59.1 Å². The van der Waals surface area contributed by atoms with Crippen molar-refractivity contribution in [2.75, 3.05) is 31.9 Å². The number of aromatic nitrogens is 1. The summed E-state index contributed by atoms with van der Waals surface area (Å²) >= 11 is 1.70. The number of aryl methyl sites for hydroxylation is 2. The molecule has 0 saturated carbocycles. The summed E-state index contributed by atoms with van der Waals surface area (Å²) in [6.45, 7) is 10.1. The van der Waals surface area contributed by atoms with Crippen molar-refractivity contribution in [1.29, 1.82) is 5.26 Å². The van der Waals surface area contributed by atoms with Crippen LogP contribution < -0.4 is 0 Å². The van der Waals surface area contributed by atoms with Crippen molar-refractivity contribution in [2.24, 2.45) is 0 Å². The van der Waals surface area contributed by atoms with Crippen molar-refractivity contribution < 1.29 is 9.47 Å². The molecule has 2 aliphatic heterocycles. The van der Waals surface area contributed by atoms with Gasteiger partial charge in [-0.25, -0.2) is 4.98 Å². The van der Waals surface area contributed by atoms with Gasteiger partial charge in [-0.05, 0) is 51.7 Å². The van der Waals surface area contributed by atoms with Crippen molar-refractivity contribution in [3.05, 3.63) is 70.9 Å².